The molecule has 2 aromatic carbocycles. The Bertz CT molecular complexity index is 1330. The van der Waals surface area contributed by atoms with Crippen LogP contribution in [0.5, 0.6) is 5.75 Å². The molecule has 1 aromatic heterocycles. The number of sulfonamides is 1. The van der Waals surface area contributed by atoms with Crippen molar-refractivity contribution in [3.8, 4) is 5.75 Å². The van der Waals surface area contributed by atoms with Crippen LogP contribution in [0, 0.1) is 6.92 Å². The van der Waals surface area contributed by atoms with Gasteiger partial charge >= 0.3 is 0 Å². The number of aromatic nitrogens is 1. The number of methoxy groups -OCH3 is 1. The molecule has 3 aromatic rings. The summed E-state index contributed by atoms with van der Waals surface area (Å²) < 4.78 is 40.9. The minimum atomic E-state index is -3.61. The molecule has 2 heterocycles. The van der Waals surface area contributed by atoms with Crippen molar-refractivity contribution in [1.82, 2.24) is 8.87 Å². The maximum Gasteiger partial charge on any atom is 0.279 e. The van der Waals surface area contributed by atoms with Gasteiger partial charge < -0.3 is 14.0 Å². The lowest BCUT2D eigenvalue weighted by Gasteiger charge is -2.26. The Labute approximate surface area is 197 Å². The highest BCUT2D eigenvalue weighted by Crippen LogP contribution is 2.30. The monoisotopic (exact) mass is 489 g/mol. The topological polar surface area (TPSA) is 90.2 Å². The van der Waals surface area contributed by atoms with E-state index in [1.165, 1.54) is 39.9 Å². The van der Waals surface area contributed by atoms with Crippen molar-refractivity contribution in [3.05, 3.63) is 52.3 Å². The SMILES string of the molecule is CCCn1c(=NC(=O)c2ccc(S(=O)(=O)N3CCOCC3)cc2)sc2c(C)ccc(OC)c21. The van der Waals surface area contributed by atoms with Crippen molar-refractivity contribution in [1.29, 1.82) is 0 Å². The van der Waals surface area contributed by atoms with Crippen LogP contribution >= 0.6 is 11.3 Å². The number of hydrogen-bond acceptors (Lipinski definition) is 6. The fraction of sp³-hybridized carbons (Fsp3) is 0.391. The quantitative estimate of drug-likeness (QED) is 0.530. The van der Waals surface area contributed by atoms with Crippen molar-refractivity contribution in [3.63, 3.8) is 0 Å². The van der Waals surface area contributed by atoms with E-state index in [-0.39, 0.29) is 4.90 Å². The second-order valence-corrected chi connectivity index (χ2v) is 10.7. The van der Waals surface area contributed by atoms with Gasteiger partial charge in [0, 0.05) is 25.2 Å². The van der Waals surface area contributed by atoms with Crippen molar-refractivity contribution in [2.45, 2.75) is 31.7 Å². The number of benzene rings is 2. The average molecular weight is 490 g/mol. The first-order valence-electron chi connectivity index (χ1n) is 10.8. The van der Waals surface area contributed by atoms with E-state index in [9.17, 15) is 13.2 Å². The average Bonchev–Trinajstić information content (AvgIpc) is 3.19. The molecule has 1 amide bonds. The molecular weight excluding hydrogens is 462 g/mol. The van der Waals surface area contributed by atoms with Gasteiger partial charge in [-0.05, 0) is 49.2 Å². The fourth-order valence-electron chi connectivity index (χ4n) is 3.82. The third kappa shape index (κ3) is 4.61. The molecule has 33 heavy (non-hydrogen) atoms. The number of morpholine rings is 1. The molecule has 1 saturated heterocycles. The van der Waals surface area contributed by atoms with E-state index >= 15 is 0 Å². The van der Waals surface area contributed by atoms with Crippen LogP contribution in [-0.2, 0) is 21.3 Å². The van der Waals surface area contributed by atoms with Crippen LogP contribution in [0.1, 0.15) is 29.3 Å². The number of rotatable bonds is 6. The normalized spacial score (nSPS) is 15.8. The van der Waals surface area contributed by atoms with Crippen LogP contribution < -0.4 is 9.54 Å². The van der Waals surface area contributed by atoms with Gasteiger partial charge in [-0.2, -0.15) is 9.30 Å². The molecule has 1 aliphatic heterocycles. The molecule has 0 atom stereocenters. The molecule has 0 aliphatic carbocycles. The van der Waals surface area contributed by atoms with Gasteiger partial charge in [0.05, 0.1) is 29.9 Å². The zero-order valence-corrected chi connectivity index (χ0v) is 20.5. The summed E-state index contributed by atoms with van der Waals surface area (Å²) in [6.45, 7) is 6.20. The molecule has 8 nitrogen and oxygen atoms in total. The Kier molecular flexibility index (Phi) is 6.99. The number of hydrogen-bond donors (Lipinski definition) is 0. The summed E-state index contributed by atoms with van der Waals surface area (Å²) in [6.07, 6.45) is 0.873. The first-order chi connectivity index (χ1) is 15.9. The summed E-state index contributed by atoms with van der Waals surface area (Å²) >= 11 is 1.45. The zero-order valence-electron chi connectivity index (χ0n) is 18.9. The lowest BCUT2D eigenvalue weighted by atomic mass is 10.2. The fourth-order valence-corrected chi connectivity index (χ4v) is 6.36. The van der Waals surface area contributed by atoms with E-state index in [1.54, 1.807) is 7.11 Å². The Balaban J connectivity index is 1.70. The number of nitrogens with zero attached hydrogens (tertiary/aromatic N) is 3. The number of ether oxygens (including phenoxy) is 2. The maximum atomic E-state index is 13.0. The molecule has 4 rings (SSSR count). The number of carbonyl (C=O) groups is 1. The molecule has 0 unspecified atom stereocenters. The van der Waals surface area contributed by atoms with E-state index in [2.05, 4.69) is 11.9 Å². The molecule has 0 N–H and O–H groups in total. The maximum absolute atomic E-state index is 13.0. The standard InChI is InChI=1S/C23H27N3O5S2/c1-4-11-26-20-19(30-3)10-5-16(2)21(20)32-23(26)24-22(27)17-6-8-18(9-7-17)33(28,29)25-12-14-31-15-13-25/h5-10H,4,11-15H2,1-3H3. The molecule has 0 radical (unpaired) electrons. The van der Waals surface area contributed by atoms with Crippen molar-refractivity contribution >= 4 is 37.5 Å². The summed E-state index contributed by atoms with van der Waals surface area (Å²) in [5.74, 6) is 0.324. The molecule has 1 fully saturated rings. The van der Waals surface area contributed by atoms with Crippen molar-refractivity contribution in [2.75, 3.05) is 33.4 Å². The Morgan fingerprint density at radius 3 is 2.48 bits per heavy atom. The largest absolute Gasteiger partial charge is 0.495 e. The van der Waals surface area contributed by atoms with Crippen LogP contribution in [-0.4, -0.2) is 56.6 Å². The van der Waals surface area contributed by atoms with Crippen molar-refractivity contribution < 1.29 is 22.7 Å². The Morgan fingerprint density at radius 1 is 1.15 bits per heavy atom. The van der Waals surface area contributed by atoms with Gasteiger partial charge in [-0.3, -0.25) is 4.79 Å². The summed E-state index contributed by atoms with van der Waals surface area (Å²) in [5, 5.41) is 0. The van der Waals surface area contributed by atoms with Gasteiger partial charge in [0.1, 0.15) is 11.3 Å². The van der Waals surface area contributed by atoms with Crippen LogP contribution in [0.4, 0.5) is 0 Å². The van der Waals surface area contributed by atoms with Gasteiger partial charge in [-0.15, -0.1) is 0 Å². The lowest BCUT2D eigenvalue weighted by Crippen LogP contribution is -2.40. The highest BCUT2D eigenvalue weighted by molar-refractivity contribution is 7.89. The molecule has 0 saturated carbocycles. The minimum absolute atomic E-state index is 0.157. The van der Waals surface area contributed by atoms with E-state index in [0.717, 1.165) is 28.0 Å². The van der Waals surface area contributed by atoms with Gasteiger partial charge in [-0.25, -0.2) is 8.42 Å². The zero-order chi connectivity index (χ0) is 23.6. The van der Waals surface area contributed by atoms with Crippen LogP contribution in [0.15, 0.2) is 46.3 Å². The number of thiazole rings is 1. The summed E-state index contributed by atoms with van der Waals surface area (Å²) in [5.41, 5.74) is 2.36. The smallest absolute Gasteiger partial charge is 0.279 e. The first kappa shape index (κ1) is 23.6. The lowest BCUT2D eigenvalue weighted by molar-refractivity contribution is 0.0730. The third-order valence-electron chi connectivity index (χ3n) is 5.56. The summed E-state index contributed by atoms with van der Waals surface area (Å²) in [6, 6.07) is 9.88. The minimum Gasteiger partial charge on any atom is -0.495 e. The molecule has 0 bridgehead atoms. The highest BCUT2D eigenvalue weighted by Gasteiger charge is 2.26. The molecule has 0 spiro atoms. The Morgan fingerprint density at radius 2 is 1.85 bits per heavy atom. The van der Waals surface area contributed by atoms with Crippen LogP contribution in [0.25, 0.3) is 10.2 Å². The van der Waals surface area contributed by atoms with Gasteiger partial charge in [-0.1, -0.05) is 24.3 Å². The number of fused-ring (bicyclic) bond motifs is 1. The summed E-state index contributed by atoms with van der Waals surface area (Å²) in [4.78, 5) is 18.1. The highest BCUT2D eigenvalue weighted by atomic mass is 32.2. The van der Waals surface area contributed by atoms with Crippen LogP contribution in [0.2, 0.25) is 0 Å². The van der Waals surface area contributed by atoms with Gasteiger partial charge in [0.2, 0.25) is 10.0 Å². The molecular formula is C23H27N3O5S2. The van der Waals surface area contributed by atoms with Crippen molar-refractivity contribution in [2.24, 2.45) is 4.99 Å². The van der Waals surface area contributed by atoms with E-state index in [0.29, 0.717) is 43.2 Å². The molecule has 10 heteroatoms. The number of amides is 1. The third-order valence-corrected chi connectivity index (χ3v) is 8.69. The van der Waals surface area contributed by atoms with Gasteiger partial charge in [0.25, 0.3) is 5.91 Å². The Hall–Kier alpha value is -2.53. The van der Waals surface area contributed by atoms with Gasteiger partial charge in [0.15, 0.2) is 4.80 Å². The predicted octanol–water partition coefficient (Wildman–Crippen LogP) is 3.19. The number of aryl methyl sites for hydroxylation is 2. The summed E-state index contributed by atoms with van der Waals surface area (Å²) in [7, 11) is -1.98. The predicted molar refractivity (Wildman–Crippen MR) is 127 cm³/mol. The van der Waals surface area contributed by atoms with E-state index < -0.39 is 15.9 Å². The second kappa shape index (κ2) is 9.76. The number of carbonyl (C=O) groups excluding carboxylic acids is 1. The van der Waals surface area contributed by atoms with E-state index in [4.69, 9.17) is 9.47 Å². The van der Waals surface area contributed by atoms with Crippen LogP contribution in [0.3, 0.4) is 0 Å². The van der Waals surface area contributed by atoms with E-state index in [1.807, 2.05) is 23.6 Å². The molecule has 1 aliphatic rings. The molecule has 176 valence electrons. The first-order valence-corrected chi connectivity index (χ1v) is 13.1. The second-order valence-electron chi connectivity index (χ2n) is 7.76.